The van der Waals surface area contributed by atoms with Gasteiger partial charge in [0.05, 0.1) is 37.6 Å². The van der Waals surface area contributed by atoms with Crippen LogP contribution in [0, 0.1) is 0 Å². The van der Waals surface area contributed by atoms with E-state index in [1.165, 1.54) is 31.3 Å². The van der Waals surface area contributed by atoms with Gasteiger partial charge >= 0.3 is 12.1 Å². The third kappa shape index (κ3) is 7.68. The third-order valence-electron chi connectivity index (χ3n) is 4.60. The van der Waals surface area contributed by atoms with Crippen molar-refractivity contribution in [3.63, 3.8) is 0 Å². The van der Waals surface area contributed by atoms with Gasteiger partial charge < -0.3 is 29.2 Å². The van der Waals surface area contributed by atoms with Crippen LogP contribution in [0.5, 0.6) is 11.5 Å². The van der Waals surface area contributed by atoms with Gasteiger partial charge in [0, 0.05) is 13.6 Å². The van der Waals surface area contributed by atoms with E-state index in [2.05, 4.69) is 5.32 Å². The average molecular weight is 473 g/mol. The fourth-order valence-corrected chi connectivity index (χ4v) is 2.92. The number of carbonyl (C=O) groups excluding carboxylic acids is 3. The molecule has 2 rings (SSSR count). The number of carbonyl (C=O) groups is 3. The number of nitrogens with one attached hydrogen (secondary N) is 1. The molecule has 34 heavy (non-hydrogen) atoms. The van der Waals surface area contributed by atoms with E-state index in [1.54, 1.807) is 37.4 Å². The van der Waals surface area contributed by atoms with Gasteiger partial charge in [-0.1, -0.05) is 12.1 Å². The number of rotatable bonds is 9. The van der Waals surface area contributed by atoms with E-state index in [1.807, 2.05) is 20.8 Å². The van der Waals surface area contributed by atoms with Crippen LogP contribution in [-0.4, -0.2) is 62.9 Å². The van der Waals surface area contributed by atoms with Crippen LogP contribution in [0.1, 0.15) is 47.9 Å². The molecule has 2 amide bonds. The van der Waals surface area contributed by atoms with Gasteiger partial charge in [-0.15, -0.1) is 0 Å². The minimum Gasteiger partial charge on any atom is -0.495 e. The van der Waals surface area contributed by atoms with Crippen molar-refractivity contribution in [2.75, 3.05) is 39.7 Å². The summed E-state index contributed by atoms with van der Waals surface area (Å²) >= 11 is 0. The summed E-state index contributed by atoms with van der Waals surface area (Å²) in [5, 5.41) is 2.78. The summed E-state index contributed by atoms with van der Waals surface area (Å²) in [6.07, 6.45) is 0.147. The summed E-state index contributed by atoms with van der Waals surface area (Å²) in [5.41, 5.74) is 0.477. The first kappa shape index (κ1) is 26.5. The molecule has 0 saturated carbocycles. The van der Waals surface area contributed by atoms with Crippen LogP contribution < -0.4 is 14.8 Å². The second-order valence-electron chi connectivity index (χ2n) is 8.46. The zero-order chi connectivity index (χ0) is 25.3. The monoisotopic (exact) mass is 472 g/mol. The number of methoxy groups -OCH3 is 2. The van der Waals surface area contributed by atoms with Crippen LogP contribution >= 0.6 is 0 Å². The Balaban J connectivity index is 2.00. The zero-order valence-corrected chi connectivity index (χ0v) is 20.5. The first-order valence-electron chi connectivity index (χ1n) is 10.8. The van der Waals surface area contributed by atoms with E-state index in [4.69, 9.17) is 18.9 Å². The number of ether oxygens (including phenoxy) is 4. The number of benzene rings is 2. The van der Waals surface area contributed by atoms with Gasteiger partial charge in [0.25, 0.3) is 5.91 Å². The number of amides is 2. The Morgan fingerprint density at radius 3 is 2.35 bits per heavy atom. The highest BCUT2D eigenvalue weighted by atomic mass is 16.6. The van der Waals surface area contributed by atoms with E-state index < -0.39 is 23.6 Å². The molecule has 0 saturated heterocycles. The van der Waals surface area contributed by atoms with Crippen molar-refractivity contribution in [3.8, 4) is 11.5 Å². The summed E-state index contributed by atoms with van der Waals surface area (Å²) in [4.78, 5) is 38.2. The van der Waals surface area contributed by atoms with E-state index >= 15 is 0 Å². The molecule has 0 aliphatic heterocycles. The van der Waals surface area contributed by atoms with Crippen LogP contribution in [0.25, 0.3) is 0 Å². The highest BCUT2D eigenvalue weighted by molar-refractivity contribution is 6.07. The lowest BCUT2D eigenvalue weighted by molar-refractivity contribution is 0.0291. The maximum Gasteiger partial charge on any atom is 0.410 e. The SMILES string of the molecule is COC(=O)c1ccc(NC(=O)c2ccccc2OCCCN(C)C(=O)OC(C)(C)C)c(OC)c1. The van der Waals surface area contributed by atoms with Crippen LogP contribution in [0.4, 0.5) is 10.5 Å². The number of hydrogen-bond acceptors (Lipinski definition) is 7. The quantitative estimate of drug-likeness (QED) is 0.427. The molecular formula is C25H32N2O7. The highest BCUT2D eigenvalue weighted by Crippen LogP contribution is 2.28. The lowest BCUT2D eigenvalue weighted by Gasteiger charge is -2.24. The molecule has 1 N–H and O–H groups in total. The number of hydrogen-bond donors (Lipinski definition) is 1. The Labute approximate surface area is 199 Å². The molecule has 0 unspecified atom stereocenters. The van der Waals surface area contributed by atoms with Crippen molar-refractivity contribution in [1.29, 1.82) is 0 Å². The van der Waals surface area contributed by atoms with Crippen molar-refractivity contribution in [2.45, 2.75) is 32.8 Å². The molecule has 0 aliphatic carbocycles. The Morgan fingerprint density at radius 2 is 1.71 bits per heavy atom. The summed E-state index contributed by atoms with van der Waals surface area (Å²) < 4.78 is 21.2. The topological polar surface area (TPSA) is 103 Å². The summed E-state index contributed by atoms with van der Waals surface area (Å²) in [6, 6.07) is 11.4. The number of para-hydroxylation sites is 1. The fraction of sp³-hybridized carbons (Fsp3) is 0.400. The van der Waals surface area contributed by atoms with Gasteiger partial charge in [0.2, 0.25) is 0 Å². The third-order valence-corrected chi connectivity index (χ3v) is 4.60. The first-order valence-corrected chi connectivity index (χ1v) is 10.8. The maximum absolute atomic E-state index is 12.9. The molecule has 9 nitrogen and oxygen atoms in total. The van der Waals surface area contributed by atoms with Crippen LogP contribution in [0.3, 0.4) is 0 Å². The van der Waals surface area contributed by atoms with Gasteiger partial charge in [0.1, 0.15) is 17.1 Å². The van der Waals surface area contributed by atoms with Crippen LogP contribution in [-0.2, 0) is 9.47 Å². The van der Waals surface area contributed by atoms with Gasteiger partial charge in [-0.25, -0.2) is 9.59 Å². The standard InChI is InChI=1S/C25H32N2O7/c1-25(2,3)34-24(30)27(4)14-9-15-33-20-11-8-7-10-18(20)22(28)26-19-13-12-17(23(29)32-6)16-21(19)31-5/h7-8,10-13,16H,9,14-15H2,1-6H3,(H,26,28). The van der Waals surface area contributed by atoms with Crippen molar-refractivity contribution in [2.24, 2.45) is 0 Å². The van der Waals surface area contributed by atoms with Crippen molar-refractivity contribution in [1.82, 2.24) is 4.90 Å². The van der Waals surface area contributed by atoms with E-state index in [0.29, 0.717) is 47.9 Å². The lowest BCUT2D eigenvalue weighted by atomic mass is 10.1. The zero-order valence-electron chi connectivity index (χ0n) is 20.5. The van der Waals surface area contributed by atoms with Gasteiger partial charge in [-0.05, 0) is 57.5 Å². The van der Waals surface area contributed by atoms with Crippen LogP contribution in [0.2, 0.25) is 0 Å². The van der Waals surface area contributed by atoms with Crippen molar-refractivity contribution < 1.29 is 33.3 Å². The lowest BCUT2D eigenvalue weighted by Crippen LogP contribution is -2.35. The molecule has 0 aliphatic rings. The molecule has 0 atom stereocenters. The Hall–Kier alpha value is -3.75. The first-order chi connectivity index (χ1) is 16.1. The molecule has 9 heteroatoms. The molecule has 0 radical (unpaired) electrons. The largest absolute Gasteiger partial charge is 0.495 e. The molecule has 0 spiro atoms. The molecule has 184 valence electrons. The van der Waals surface area contributed by atoms with Gasteiger partial charge in [-0.2, -0.15) is 0 Å². The predicted octanol–water partition coefficient (Wildman–Crippen LogP) is 4.37. The highest BCUT2D eigenvalue weighted by Gasteiger charge is 2.20. The molecular weight excluding hydrogens is 440 g/mol. The Morgan fingerprint density at radius 1 is 1.00 bits per heavy atom. The molecule has 0 fully saturated rings. The molecule has 2 aromatic rings. The minimum absolute atomic E-state index is 0.300. The Kier molecular flexibility index (Phi) is 9.29. The fourth-order valence-electron chi connectivity index (χ4n) is 2.92. The number of nitrogens with zero attached hydrogens (tertiary/aromatic N) is 1. The summed E-state index contributed by atoms with van der Waals surface area (Å²) in [7, 11) is 4.39. The predicted molar refractivity (Wildman–Crippen MR) is 128 cm³/mol. The number of anilines is 1. The van der Waals surface area contributed by atoms with Crippen molar-refractivity contribution >= 4 is 23.7 Å². The average Bonchev–Trinajstić information content (AvgIpc) is 2.80. The van der Waals surface area contributed by atoms with E-state index in [0.717, 1.165) is 0 Å². The van der Waals surface area contributed by atoms with E-state index in [9.17, 15) is 14.4 Å². The smallest absolute Gasteiger partial charge is 0.410 e. The molecule has 0 aromatic heterocycles. The maximum atomic E-state index is 12.9. The van der Waals surface area contributed by atoms with Gasteiger partial charge in [0.15, 0.2) is 0 Å². The Bertz CT molecular complexity index is 1010. The van der Waals surface area contributed by atoms with Crippen molar-refractivity contribution in [3.05, 3.63) is 53.6 Å². The van der Waals surface area contributed by atoms with E-state index in [-0.39, 0.29) is 0 Å². The van der Waals surface area contributed by atoms with Crippen LogP contribution in [0.15, 0.2) is 42.5 Å². The number of esters is 1. The molecule has 0 bridgehead atoms. The van der Waals surface area contributed by atoms with Gasteiger partial charge in [-0.3, -0.25) is 4.79 Å². The normalized spacial score (nSPS) is 10.8. The molecule has 0 heterocycles. The second-order valence-corrected chi connectivity index (χ2v) is 8.46. The molecule has 2 aromatic carbocycles. The second kappa shape index (κ2) is 11.9. The summed E-state index contributed by atoms with van der Waals surface area (Å²) in [6.45, 7) is 6.17. The minimum atomic E-state index is -0.559. The summed E-state index contributed by atoms with van der Waals surface area (Å²) in [5.74, 6) is -0.178.